The lowest BCUT2D eigenvalue weighted by molar-refractivity contribution is 0.471. The highest BCUT2D eigenvalue weighted by molar-refractivity contribution is 5.69. The summed E-state index contributed by atoms with van der Waals surface area (Å²) < 4.78 is 0. The van der Waals surface area contributed by atoms with Crippen molar-refractivity contribution in [2.24, 2.45) is 0 Å². The van der Waals surface area contributed by atoms with Crippen molar-refractivity contribution in [2.75, 3.05) is 0 Å². The van der Waals surface area contributed by atoms with Gasteiger partial charge in [0, 0.05) is 0 Å². The molecule has 17 heavy (non-hydrogen) atoms. The lowest BCUT2D eigenvalue weighted by Gasteiger charge is -1.90. The minimum absolute atomic E-state index is 0.232. The second-order valence-corrected chi connectivity index (χ2v) is 3.66. The van der Waals surface area contributed by atoms with Gasteiger partial charge in [0.25, 0.3) is 0 Å². The van der Waals surface area contributed by atoms with Gasteiger partial charge in [-0.2, -0.15) is 0 Å². The summed E-state index contributed by atoms with van der Waals surface area (Å²) in [4.78, 5) is 11.2. The summed E-state index contributed by atoms with van der Waals surface area (Å²) in [5.41, 5.74) is 1.58. The van der Waals surface area contributed by atoms with Crippen LogP contribution in [0.4, 0.5) is 0 Å². The Hall–Kier alpha value is -2.35. The Balaban J connectivity index is 2.29. The Morgan fingerprint density at radius 2 is 1.35 bits per heavy atom. The maximum atomic E-state index is 11.2. The molecule has 0 fully saturated rings. The van der Waals surface area contributed by atoms with E-state index in [1.54, 1.807) is 12.1 Å². The third-order valence-electron chi connectivity index (χ3n) is 2.38. The second-order valence-electron chi connectivity index (χ2n) is 3.66. The minimum Gasteiger partial charge on any atom is -0.504 e. The number of hydrogen-bond acceptors (Lipinski definition) is 2. The molecular formula is C15H12O2. The summed E-state index contributed by atoms with van der Waals surface area (Å²) in [6, 6.07) is 16.0. The third-order valence-corrected chi connectivity index (χ3v) is 2.38. The van der Waals surface area contributed by atoms with E-state index in [1.165, 1.54) is 12.1 Å². The van der Waals surface area contributed by atoms with Gasteiger partial charge >= 0.3 is 0 Å². The van der Waals surface area contributed by atoms with Gasteiger partial charge in [0.1, 0.15) is 0 Å². The third kappa shape index (κ3) is 3.05. The Kier molecular flexibility index (Phi) is 3.36. The van der Waals surface area contributed by atoms with Gasteiger partial charge < -0.3 is 5.11 Å². The van der Waals surface area contributed by atoms with Gasteiger partial charge in [-0.15, -0.1) is 0 Å². The molecule has 84 valence electrons. The van der Waals surface area contributed by atoms with E-state index < -0.39 is 0 Å². The molecule has 2 heteroatoms. The summed E-state index contributed by atoms with van der Waals surface area (Å²) in [7, 11) is 0. The molecule has 0 aliphatic heterocycles. The van der Waals surface area contributed by atoms with E-state index in [1.807, 2.05) is 42.5 Å². The molecule has 0 amide bonds. The first kappa shape index (κ1) is 11.1. The van der Waals surface area contributed by atoms with E-state index >= 15 is 0 Å². The van der Waals surface area contributed by atoms with Crippen LogP contribution < -0.4 is 5.43 Å². The normalized spacial score (nSPS) is 10.6. The first-order valence-electron chi connectivity index (χ1n) is 5.32. The van der Waals surface area contributed by atoms with Crippen LogP contribution in [0.3, 0.4) is 0 Å². The molecule has 0 bridgehead atoms. The molecule has 0 radical (unpaired) electrons. The van der Waals surface area contributed by atoms with Gasteiger partial charge in [0.2, 0.25) is 5.43 Å². The molecule has 0 aromatic heterocycles. The van der Waals surface area contributed by atoms with Crippen LogP contribution in [0.1, 0.15) is 11.1 Å². The molecule has 2 aromatic carbocycles. The maximum absolute atomic E-state index is 11.2. The molecule has 0 heterocycles. The van der Waals surface area contributed by atoms with Gasteiger partial charge in [-0.05, 0) is 23.3 Å². The topological polar surface area (TPSA) is 37.3 Å². The van der Waals surface area contributed by atoms with Crippen LogP contribution in [0, 0.1) is 0 Å². The molecule has 0 atom stereocenters. The van der Waals surface area contributed by atoms with Crippen LogP contribution in [-0.2, 0) is 0 Å². The fraction of sp³-hybridized carbons (Fsp3) is 0. The number of hydrogen-bond donors (Lipinski definition) is 1. The smallest absolute Gasteiger partial charge is 0.220 e. The second kappa shape index (κ2) is 5.12. The molecule has 0 aliphatic carbocycles. The van der Waals surface area contributed by atoms with Crippen LogP contribution in [0.25, 0.3) is 12.2 Å². The van der Waals surface area contributed by atoms with Crippen LogP contribution in [-0.4, -0.2) is 5.11 Å². The maximum Gasteiger partial charge on any atom is 0.220 e. The molecule has 0 saturated carbocycles. The molecular weight excluding hydrogens is 212 g/mol. The van der Waals surface area contributed by atoms with Crippen molar-refractivity contribution in [1.29, 1.82) is 0 Å². The van der Waals surface area contributed by atoms with Gasteiger partial charge in [-0.25, -0.2) is 0 Å². The lowest BCUT2D eigenvalue weighted by atomic mass is 10.2. The van der Waals surface area contributed by atoms with Crippen LogP contribution in [0.5, 0.6) is 5.75 Å². The predicted molar refractivity (Wildman–Crippen MR) is 69.7 cm³/mol. The Morgan fingerprint density at radius 1 is 0.765 bits per heavy atom. The molecule has 0 spiro atoms. The summed E-state index contributed by atoms with van der Waals surface area (Å²) >= 11 is 0. The van der Waals surface area contributed by atoms with E-state index in [9.17, 15) is 9.90 Å². The Bertz CT molecular complexity index is 586. The van der Waals surface area contributed by atoms with Crippen molar-refractivity contribution in [1.82, 2.24) is 0 Å². The van der Waals surface area contributed by atoms with Gasteiger partial charge in [-0.3, -0.25) is 4.79 Å². The zero-order valence-corrected chi connectivity index (χ0v) is 9.21. The van der Waals surface area contributed by atoms with E-state index in [0.29, 0.717) is 0 Å². The summed E-state index contributed by atoms with van der Waals surface area (Å²) in [5, 5.41) is 9.25. The molecule has 0 aliphatic rings. The predicted octanol–water partition coefficient (Wildman–Crippen LogP) is 2.92. The largest absolute Gasteiger partial charge is 0.504 e. The number of benzene rings is 1. The summed E-state index contributed by atoms with van der Waals surface area (Å²) in [5.74, 6) is -0.232. The highest BCUT2D eigenvalue weighted by Gasteiger charge is 1.92. The van der Waals surface area contributed by atoms with E-state index in [0.717, 1.165) is 11.1 Å². The summed E-state index contributed by atoms with van der Waals surface area (Å²) in [6.45, 7) is 0. The first-order chi connectivity index (χ1) is 8.25. The molecule has 2 aromatic rings. The average Bonchev–Trinajstić information content (AvgIpc) is 2.52. The molecule has 0 unspecified atom stereocenters. The fourth-order valence-corrected chi connectivity index (χ4v) is 1.44. The number of aromatic hydroxyl groups is 1. The Labute approximate surface area is 99.5 Å². The molecule has 0 saturated heterocycles. The van der Waals surface area contributed by atoms with Crippen LogP contribution in [0.15, 0.2) is 59.4 Å². The van der Waals surface area contributed by atoms with Gasteiger partial charge in [0.15, 0.2) is 5.75 Å². The molecule has 2 rings (SSSR count). The zero-order chi connectivity index (χ0) is 12.1. The minimum atomic E-state index is -0.371. The van der Waals surface area contributed by atoms with Crippen molar-refractivity contribution in [3.8, 4) is 5.75 Å². The summed E-state index contributed by atoms with van der Waals surface area (Å²) in [6.07, 6.45) is 3.85. The van der Waals surface area contributed by atoms with Gasteiger partial charge in [0.05, 0.1) is 0 Å². The van der Waals surface area contributed by atoms with E-state index in [2.05, 4.69) is 0 Å². The number of rotatable bonds is 2. The SMILES string of the molecule is O=c1ccc(/C=C/c2ccccc2)ccc1O. The first-order valence-corrected chi connectivity index (χ1v) is 5.32. The van der Waals surface area contributed by atoms with E-state index in [4.69, 9.17) is 0 Å². The lowest BCUT2D eigenvalue weighted by Crippen LogP contribution is -1.91. The quantitative estimate of drug-likeness (QED) is 0.851. The van der Waals surface area contributed by atoms with Crippen molar-refractivity contribution in [3.63, 3.8) is 0 Å². The Morgan fingerprint density at radius 3 is 2.06 bits per heavy atom. The van der Waals surface area contributed by atoms with E-state index in [-0.39, 0.29) is 11.2 Å². The average molecular weight is 224 g/mol. The highest BCUT2D eigenvalue weighted by Crippen LogP contribution is 2.08. The molecule has 1 N–H and O–H groups in total. The zero-order valence-electron chi connectivity index (χ0n) is 9.21. The highest BCUT2D eigenvalue weighted by atomic mass is 16.3. The standard InChI is InChI=1S/C15H12O2/c16-14-10-8-13(9-11-15(14)17)7-6-12-4-2-1-3-5-12/h1-11H,(H,16,17)/b7-6+. The van der Waals surface area contributed by atoms with Crippen molar-refractivity contribution >= 4 is 12.2 Å². The van der Waals surface area contributed by atoms with Crippen molar-refractivity contribution in [3.05, 3.63) is 75.9 Å². The van der Waals surface area contributed by atoms with Crippen LogP contribution >= 0.6 is 0 Å². The fourth-order valence-electron chi connectivity index (χ4n) is 1.44. The van der Waals surface area contributed by atoms with Crippen LogP contribution in [0.2, 0.25) is 0 Å². The monoisotopic (exact) mass is 224 g/mol. The molecule has 2 nitrogen and oxygen atoms in total. The van der Waals surface area contributed by atoms with Crippen molar-refractivity contribution in [2.45, 2.75) is 0 Å². The van der Waals surface area contributed by atoms with Crippen molar-refractivity contribution < 1.29 is 5.11 Å². The van der Waals surface area contributed by atoms with Gasteiger partial charge in [-0.1, -0.05) is 54.6 Å².